The van der Waals surface area contributed by atoms with E-state index in [2.05, 4.69) is 26.1 Å². The lowest BCUT2D eigenvalue weighted by Crippen LogP contribution is -2.40. The molecule has 2 bridgehead atoms. The van der Waals surface area contributed by atoms with Gasteiger partial charge >= 0.3 is 0 Å². The molecule has 0 saturated heterocycles. The van der Waals surface area contributed by atoms with Crippen LogP contribution < -0.4 is 5.32 Å². The molecular formula is C12H21NO. The standard InChI is InChI=1S/C12H21NO/c1-11(2)8-5-6-12(11,3)9(7-8)10(14)13-4/h8-9H,5-7H2,1-4H3,(H,13,14)/t8-,9-,12-/m1/s1. The van der Waals surface area contributed by atoms with Gasteiger partial charge in [0.1, 0.15) is 0 Å². The minimum absolute atomic E-state index is 0.234. The molecule has 2 aliphatic carbocycles. The summed E-state index contributed by atoms with van der Waals surface area (Å²) in [7, 11) is 1.75. The van der Waals surface area contributed by atoms with Crippen LogP contribution in [0.3, 0.4) is 0 Å². The van der Waals surface area contributed by atoms with Gasteiger partial charge in [-0.15, -0.1) is 0 Å². The predicted molar refractivity (Wildman–Crippen MR) is 56.8 cm³/mol. The summed E-state index contributed by atoms with van der Waals surface area (Å²) in [6, 6.07) is 0. The summed E-state index contributed by atoms with van der Waals surface area (Å²) in [5, 5.41) is 2.82. The number of rotatable bonds is 1. The monoisotopic (exact) mass is 195 g/mol. The zero-order valence-corrected chi connectivity index (χ0v) is 9.68. The summed E-state index contributed by atoms with van der Waals surface area (Å²) in [6.07, 6.45) is 3.64. The molecule has 1 N–H and O–H groups in total. The lowest BCUT2D eigenvalue weighted by Gasteiger charge is -2.38. The highest BCUT2D eigenvalue weighted by molar-refractivity contribution is 5.80. The Morgan fingerprint density at radius 1 is 1.36 bits per heavy atom. The van der Waals surface area contributed by atoms with Crippen LogP contribution in [-0.2, 0) is 4.79 Å². The Kier molecular flexibility index (Phi) is 1.96. The van der Waals surface area contributed by atoms with Crippen molar-refractivity contribution in [2.45, 2.75) is 40.0 Å². The molecule has 2 fully saturated rings. The van der Waals surface area contributed by atoms with Gasteiger partial charge in [-0.3, -0.25) is 4.79 Å². The van der Waals surface area contributed by atoms with Crippen molar-refractivity contribution in [1.82, 2.24) is 5.32 Å². The third-order valence-corrected chi connectivity index (χ3v) is 5.36. The molecule has 80 valence electrons. The molecule has 0 spiro atoms. The van der Waals surface area contributed by atoms with E-state index in [9.17, 15) is 4.79 Å². The van der Waals surface area contributed by atoms with Crippen LogP contribution in [0.15, 0.2) is 0 Å². The summed E-state index contributed by atoms with van der Waals surface area (Å²) in [5.41, 5.74) is 0.585. The van der Waals surface area contributed by atoms with Gasteiger partial charge in [0.2, 0.25) is 5.91 Å². The van der Waals surface area contributed by atoms with Gasteiger partial charge in [0, 0.05) is 13.0 Å². The van der Waals surface area contributed by atoms with Crippen molar-refractivity contribution in [3.8, 4) is 0 Å². The Hall–Kier alpha value is -0.530. The average Bonchev–Trinajstić information content (AvgIpc) is 2.47. The average molecular weight is 195 g/mol. The zero-order chi connectivity index (χ0) is 10.6. The molecule has 2 nitrogen and oxygen atoms in total. The van der Waals surface area contributed by atoms with Crippen molar-refractivity contribution in [3.05, 3.63) is 0 Å². The minimum atomic E-state index is 0.234. The highest BCUT2D eigenvalue weighted by Crippen LogP contribution is 2.68. The van der Waals surface area contributed by atoms with Crippen LogP contribution >= 0.6 is 0 Å². The molecule has 2 heteroatoms. The first-order valence-electron chi connectivity index (χ1n) is 5.65. The van der Waals surface area contributed by atoms with Gasteiger partial charge in [-0.25, -0.2) is 0 Å². The fourth-order valence-electron chi connectivity index (χ4n) is 3.77. The van der Waals surface area contributed by atoms with Gasteiger partial charge in [0.15, 0.2) is 0 Å². The van der Waals surface area contributed by atoms with E-state index in [1.165, 1.54) is 12.8 Å². The van der Waals surface area contributed by atoms with Gasteiger partial charge in [0.25, 0.3) is 0 Å². The van der Waals surface area contributed by atoms with Crippen LogP contribution in [0.5, 0.6) is 0 Å². The first kappa shape index (κ1) is 10.0. The van der Waals surface area contributed by atoms with Crippen LogP contribution in [0.4, 0.5) is 0 Å². The van der Waals surface area contributed by atoms with Gasteiger partial charge in [-0.05, 0) is 36.0 Å². The van der Waals surface area contributed by atoms with Crippen molar-refractivity contribution < 1.29 is 4.79 Å². The summed E-state index contributed by atoms with van der Waals surface area (Å²) in [5.74, 6) is 1.26. The van der Waals surface area contributed by atoms with Crippen molar-refractivity contribution >= 4 is 5.91 Å². The summed E-state index contributed by atoms with van der Waals surface area (Å²) in [4.78, 5) is 11.8. The van der Waals surface area contributed by atoms with Gasteiger partial charge < -0.3 is 5.32 Å². The van der Waals surface area contributed by atoms with Crippen LogP contribution in [0.1, 0.15) is 40.0 Å². The number of amides is 1. The molecule has 0 radical (unpaired) electrons. The van der Waals surface area contributed by atoms with Gasteiger partial charge in [-0.1, -0.05) is 20.8 Å². The van der Waals surface area contributed by atoms with E-state index in [1.54, 1.807) is 7.05 Å². The van der Waals surface area contributed by atoms with Gasteiger partial charge in [0.05, 0.1) is 0 Å². The van der Waals surface area contributed by atoms with Crippen molar-refractivity contribution in [3.63, 3.8) is 0 Å². The van der Waals surface area contributed by atoms with Crippen molar-refractivity contribution in [1.29, 1.82) is 0 Å². The van der Waals surface area contributed by atoms with Crippen LogP contribution in [0.25, 0.3) is 0 Å². The first-order chi connectivity index (χ1) is 6.43. The van der Waals surface area contributed by atoms with Crippen molar-refractivity contribution in [2.24, 2.45) is 22.7 Å². The molecule has 3 atom stereocenters. The Morgan fingerprint density at radius 3 is 2.36 bits per heavy atom. The second kappa shape index (κ2) is 2.74. The Labute approximate surface area is 86.5 Å². The Balaban J connectivity index is 2.31. The fourth-order valence-corrected chi connectivity index (χ4v) is 3.77. The molecule has 1 amide bonds. The summed E-state index contributed by atoms with van der Waals surface area (Å²) >= 11 is 0. The normalized spacial score (nSPS) is 44.0. The maximum Gasteiger partial charge on any atom is 0.223 e. The third-order valence-electron chi connectivity index (χ3n) is 5.36. The van der Waals surface area contributed by atoms with E-state index in [0.717, 1.165) is 12.3 Å². The number of nitrogens with one attached hydrogen (secondary N) is 1. The predicted octanol–water partition coefficient (Wildman–Crippen LogP) is 2.19. The minimum Gasteiger partial charge on any atom is -0.359 e. The first-order valence-corrected chi connectivity index (χ1v) is 5.65. The second-order valence-electron chi connectivity index (χ2n) is 5.78. The molecule has 2 saturated carbocycles. The lowest BCUT2D eigenvalue weighted by molar-refractivity contribution is -0.129. The number of carbonyl (C=O) groups is 1. The highest BCUT2D eigenvalue weighted by atomic mass is 16.1. The van der Waals surface area contributed by atoms with Crippen LogP contribution in [-0.4, -0.2) is 13.0 Å². The fraction of sp³-hybridized carbons (Fsp3) is 0.917. The summed E-state index contributed by atoms with van der Waals surface area (Å²) < 4.78 is 0. The molecule has 0 aromatic heterocycles. The molecule has 14 heavy (non-hydrogen) atoms. The molecule has 0 aliphatic heterocycles. The number of hydrogen-bond donors (Lipinski definition) is 1. The van der Waals surface area contributed by atoms with E-state index in [1.807, 2.05) is 0 Å². The van der Waals surface area contributed by atoms with Crippen LogP contribution in [0.2, 0.25) is 0 Å². The second-order valence-corrected chi connectivity index (χ2v) is 5.78. The van der Waals surface area contributed by atoms with E-state index in [0.29, 0.717) is 5.41 Å². The number of carbonyl (C=O) groups excluding carboxylic acids is 1. The largest absolute Gasteiger partial charge is 0.359 e. The van der Waals surface area contributed by atoms with E-state index in [4.69, 9.17) is 0 Å². The third kappa shape index (κ3) is 0.945. The highest BCUT2D eigenvalue weighted by Gasteiger charge is 2.62. The quantitative estimate of drug-likeness (QED) is 0.683. The van der Waals surface area contributed by atoms with E-state index >= 15 is 0 Å². The molecule has 0 aromatic carbocycles. The van der Waals surface area contributed by atoms with Crippen LogP contribution in [0, 0.1) is 22.7 Å². The topological polar surface area (TPSA) is 29.1 Å². The Morgan fingerprint density at radius 2 is 2.00 bits per heavy atom. The number of fused-ring (bicyclic) bond motifs is 2. The maximum absolute atomic E-state index is 11.8. The summed E-state index contributed by atoms with van der Waals surface area (Å²) in [6.45, 7) is 6.99. The van der Waals surface area contributed by atoms with E-state index in [-0.39, 0.29) is 17.2 Å². The molecule has 0 unspecified atom stereocenters. The molecular weight excluding hydrogens is 174 g/mol. The van der Waals surface area contributed by atoms with E-state index < -0.39 is 0 Å². The van der Waals surface area contributed by atoms with Gasteiger partial charge in [-0.2, -0.15) is 0 Å². The molecule has 2 rings (SSSR count). The van der Waals surface area contributed by atoms with Crippen molar-refractivity contribution in [2.75, 3.05) is 7.05 Å². The molecule has 0 aromatic rings. The Bertz CT molecular complexity index is 271. The lowest BCUT2D eigenvalue weighted by atomic mass is 9.66. The number of hydrogen-bond acceptors (Lipinski definition) is 1. The maximum atomic E-state index is 11.8. The smallest absolute Gasteiger partial charge is 0.223 e. The SMILES string of the molecule is CNC(=O)[C@H]1C[C@H]2CC[C@@]1(C)C2(C)C. The molecule has 2 aliphatic rings. The zero-order valence-electron chi connectivity index (χ0n) is 9.68. The molecule has 0 heterocycles.